The molecule has 0 spiro atoms. The van der Waals surface area contributed by atoms with Crippen molar-refractivity contribution in [1.82, 2.24) is 24.2 Å². The molecule has 1 aliphatic rings. The van der Waals surface area contributed by atoms with E-state index in [1.165, 1.54) is 0 Å². The Morgan fingerprint density at radius 3 is 3.09 bits per heavy atom. The first kappa shape index (κ1) is 14.8. The zero-order valence-corrected chi connectivity index (χ0v) is 13.5. The van der Waals surface area contributed by atoms with Crippen molar-refractivity contribution in [3.8, 4) is 0 Å². The number of rotatable bonds is 4. The standard InChI is InChI=1S/C16H23N5O/c1-4-14-13(11-20(3)18-14)16(22)19(2)10-12-5-7-21-8-6-17-15(21)9-12/h6,8,11-12H,4-5,7,9-10H2,1-3H3/t12-/m1/s1. The third-order valence-electron chi connectivity index (χ3n) is 4.40. The highest BCUT2D eigenvalue weighted by atomic mass is 16.2. The third-order valence-corrected chi connectivity index (χ3v) is 4.40. The molecule has 2 aromatic rings. The molecule has 0 saturated carbocycles. The van der Waals surface area contributed by atoms with E-state index in [9.17, 15) is 4.79 Å². The van der Waals surface area contributed by atoms with Crippen LogP contribution in [-0.2, 0) is 26.4 Å². The van der Waals surface area contributed by atoms with Crippen LogP contribution < -0.4 is 0 Å². The average Bonchev–Trinajstić information content (AvgIpc) is 3.11. The van der Waals surface area contributed by atoms with Crippen molar-refractivity contribution >= 4 is 5.91 Å². The van der Waals surface area contributed by atoms with Gasteiger partial charge in [-0.05, 0) is 18.8 Å². The summed E-state index contributed by atoms with van der Waals surface area (Å²) < 4.78 is 3.92. The number of nitrogens with zero attached hydrogens (tertiary/aromatic N) is 5. The molecule has 22 heavy (non-hydrogen) atoms. The van der Waals surface area contributed by atoms with Crippen molar-refractivity contribution in [3.63, 3.8) is 0 Å². The van der Waals surface area contributed by atoms with E-state index in [0.29, 0.717) is 5.92 Å². The normalized spacial score (nSPS) is 17.3. The number of aryl methyl sites for hydroxylation is 3. The van der Waals surface area contributed by atoms with Crippen LogP contribution in [0.4, 0.5) is 0 Å². The second-order valence-electron chi connectivity index (χ2n) is 6.10. The van der Waals surface area contributed by atoms with E-state index in [2.05, 4.69) is 14.6 Å². The monoisotopic (exact) mass is 301 g/mol. The maximum atomic E-state index is 12.7. The van der Waals surface area contributed by atoms with E-state index in [4.69, 9.17) is 0 Å². The largest absolute Gasteiger partial charge is 0.341 e. The molecule has 2 aromatic heterocycles. The Kier molecular flexibility index (Phi) is 4.00. The molecular formula is C16H23N5O. The van der Waals surface area contributed by atoms with E-state index < -0.39 is 0 Å². The summed E-state index contributed by atoms with van der Waals surface area (Å²) in [6, 6.07) is 0. The molecule has 3 rings (SSSR count). The predicted molar refractivity (Wildman–Crippen MR) is 83.6 cm³/mol. The van der Waals surface area contributed by atoms with Crippen molar-refractivity contribution in [1.29, 1.82) is 0 Å². The van der Waals surface area contributed by atoms with Crippen LogP contribution in [-0.4, -0.2) is 43.7 Å². The van der Waals surface area contributed by atoms with Gasteiger partial charge < -0.3 is 9.47 Å². The summed E-state index contributed by atoms with van der Waals surface area (Å²) in [7, 11) is 3.74. The van der Waals surface area contributed by atoms with E-state index in [0.717, 1.165) is 49.4 Å². The highest BCUT2D eigenvalue weighted by molar-refractivity contribution is 5.95. The molecule has 0 unspecified atom stereocenters. The Morgan fingerprint density at radius 1 is 1.50 bits per heavy atom. The minimum atomic E-state index is 0.0684. The molecule has 0 fully saturated rings. The van der Waals surface area contributed by atoms with Crippen LogP contribution in [0.5, 0.6) is 0 Å². The number of amides is 1. The lowest BCUT2D eigenvalue weighted by molar-refractivity contribution is 0.0763. The number of carbonyl (C=O) groups excluding carboxylic acids is 1. The van der Waals surface area contributed by atoms with Gasteiger partial charge in [-0.3, -0.25) is 9.48 Å². The SMILES string of the molecule is CCc1nn(C)cc1C(=O)N(C)C[C@@H]1CCn2ccnc2C1. The van der Waals surface area contributed by atoms with Gasteiger partial charge in [0.2, 0.25) is 0 Å². The molecule has 0 saturated heterocycles. The lowest BCUT2D eigenvalue weighted by Crippen LogP contribution is -2.35. The molecule has 0 bridgehead atoms. The predicted octanol–water partition coefficient (Wildman–Crippen LogP) is 1.51. The first-order valence-corrected chi connectivity index (χ1v) is 7.86. The Hall–Kier alpha value is -2.11. The summed E-state index contributed by atoms with van der Waals surface area (Å²) in [4.78, 5) is 18.9. The third kappa shape index (κ3) is 2.77. The highest BCUT2D eigenvalue weighted by Crippen LogP contribution is 2.20. The first-order chi connectivity index (χ1) is 10.6. The molecular weight excluding hydrogens is 278 g/mol. The van der Waals surface area contributed by atoms with Gasteiger partial charge in [0.1, 0.15) is 5.82 Å². The molecule has 0 N–H and O–H groups in total. The second-order valence-corrected chi connectivity index (χ2v) is 6.10. The fraction of sp³-hybridized carbons (Fsp3) is 0.562. The van der Waals surface area contributed by atoms with Crippen molar-refractivity contribution < 1.29 is 4.79 Å². The molecule has 1 atom stereocenters. The summed E-state index contributed by atoms with van der Waals surface area (Å²) in [5, 5.41) is 4.36. The number of imidazole rings is 1. The molecule has 6 nitrogen and oxygen atoms in total. The number of hydrogen-bond donors (Lipinski definition) is 0. The maximum absolute atomic E-state index is 12.7. The minimum Gasteiger partial charge on any atom is -0.341 e. The van der Waals surface area contributed by atoms with Crippen LogP contribution in [0.25, 0.3) is 0 Å². The Morgan fingerprint density at radius 2 is 2.32 bits per heavy atom. The summed E-state index contributed by atoms with van der Waals surface area (Å²) in [5.74, 6) is 1.68. The van der Waals surface area contributed by atoms with Crippen molar-refractivity contribution in [2.75, 3.05) is 13.6 Å². The molecule has 1 amide bonds. The van der Waals surface area contributed by atoms with Gasteiger partial charge in [-0.25, -0.2) is 4.98 Å². The molecule has 6 heteroatoms. The summed E-state index contributed by atoms with van der Waals surface area (Å²) in [6.45, 7) is 3.79. The summed E-state index contributed by atoms with van der Waals surface area (Å²) >= 11 is 0. The van der Waals surface area contributed by atoms with Crippen molar-refractivity contribution in [2.24, 2.45) is 13.0 Å². The van der Waals surface area contributed by atoms with Crippen LogP contribution in [0.2, 0.25) is 0 Å². The van der Waals surface area contributed by atoms with Crippen LogP contribution in [0.1, 0.15) is 35.2 Å². The Bertz CT molecular complexity index is 672. The molecule has 0 aliphatic carbocycles. The molecule has 118 valence electrons. The van der Waals surface area contributed by atoms with Gasteiger partial charge in [0, 0.05) is 52.2 Å². The van der Waals surface area contributed by atoms with Gasteiger partial charge in [-0.2, -0.15) is 5.10 Å². The van der Waals surface area contributed by atoms with Gasteiger partial charge in [0.05, 0.1) is 11.3 Å². The quantitative estimate of drug-likeness (QED) is 0.860. The summed E-state index contributed by atoms with van der Waals surface area (Å²) in [6.07, 6.45) is 8.52. The number of carbonyl (C=O) groups is 1. The zero-order chi connectivity index (χ0) is 15.7. The van der Waals surface area contributed by atoms with Gasteiger partial charge in [-0.15, -0.1) is 0 Å². The number of hydrogen-bond acceptors (Lipinski definition) is 3. The fourth-order valence-corrected chi connectivity index (χ4v) is 3.22. The van der Waals surface area contributed by atoms with E-state index in [-0.39, 0.29) is 5.91 Å². The average molecular weight is 301 g/mol. The lowest BCUT2D eigenvalue weighted by atomic mass is 9.97. The van der Waals surface area contributed by atoms with E-state index in [1.54, 1.807) is 4.68 Å². The van der Waals surface area contributed by atoms with Crippen LogP contribution in [0, 0.1) is 5.92 Å². The smallest absolute Gasteiger partial charge is 0.257 e. The van der Waals surface area contributed by atoms with Crippen LogP contribution >= 0.6 is 0 Å². The maximum Gasteiger partial charge on any atom is 0.257 e. The van der Waals surface area contributed by atoms with Crippen LogP contribution in [0.3, 0.4) is 0 Å². The van der Waals surface area contributed by atoms with Gasteiger partial charge in [0.15, 0.2) is 0 Å². The van der Waals surface area contributed by atoms with E-state index >= 15 is 0 Å². The Balaban J connectivity index is 1.67. The Labute approximate surface area is 130 Å². The number of fused-ring (bicyclic) bond motifs is 1. The van der Waals surface area contributed by atoms with Crippen molar-refractivity contribution in [2.45, 2.75) is 32.7 Å². The molecule has 1 aliphatic heterocycles. The highest BCUT2D eigenvalue weighted by Gasteiger charge is 2.24. The fourth-order valence-electron chi connectivity index (χ4n) is 3.22. The summed E-state index contributed by atoms with van der Waals surface area (Å²) in [5.41, 5.74) is 1.60. The van der Waals surface area contributed by atoms with Gasteiger partial charge >= 0.3 is 0 Å². The molecule has 0 radical (unpaired) electrons. The molecule has 0 aromatic carbocycles. The van der Waals surface area contributed by atoms with Gasteiger partial charge in [-0.1, -0.05) is 6.92 Å². The van der Waals surface area contributed by atoms with Gasteiger partial charge in [0.25, 0.3) is 5.91 Å². The molecule has 3 heterocycles. The second kappa shape index (κ2) is 5.94. The number of aromatic nitrogens is 4. The lowest BCUT2D eigenvalue weighted by Gasteiger charge is -2.27. The topological polar surface area (TPSA) is 56.0 Å². The van der Waals surface area contributed by atoms with Crippen LogP contribution in [0.15, 0.2) is 18.6 Å². The zero-order valence-electron chi connectivity index (χ0n) is 13.5. The first-order valence-electron chi connectivity index (χ1n) is 7.86. The minimum absolute atomic E-state index is 0.0684. The van der Waals surface area contributed by atoms with Crippen molar-refractivity contribution in [3.05, 3.63) is 35.7 Å². The van der Waals surface area contributed by atoms with E-state index in [1.807, 2.05) is 44.5 Å².